The van der Waals surface area contributed by atoms with Gasteiger partial charge >= 0.3 is 5.97 Å². The summed E-state index contributed by atoms with van der Waals surface area (Å²) in [4.78, 5) is 11.8. The van der Waals surface area contributed by atoms with Crippen LogP contribution in [0.15, 0.2) is 0 Å². The highest BCUT2D eigenvalue weighted by molar-refractivity contribution is 6.35. The van der Waals surface area contributed by atoms with Crippen LogP contribution in [0.5, 0.6) is 0 Å². The standard InChI is InChI=1S/C20H39Cl2NO2/c1-4-5-6-7-8-9-10-11-12-13-14-15-16-17-18-25-19(24)20(2,3)23(21)22/h4-18H2,1-3H3. The van der Waals surface area contributed by atoms with E-state index in [1.54, 1.807) is 13.8 Å². The molecule has 0 radical (unpaired) electrons. The minimum Gasteiger partial charge on any atom is -0.464 e. The first-order valence-corrected chi connectivity index (χ1v) is 10.9. The molecule has 0 aromatic rings. The van der Waals surface area contributed by atoms with Crippen molar-refractivity contribution in [3.63, 3.8) is 0 Å². The average molecular weight is 396 g/mol. The number of hydrogen-bond acceptors (Lipinski definition) is 3. The number of unbranched alkanes of at least 4 members (excludes halogenated alkanes) is 13. The molecular formula is C20H39Cl2NO2. The Hall–Kier alpha value is 0.01000. The van der Waals surface area contributed by atoms with Gasteiger partial charge in [0.1, 0.15) is 5.54 Å². The highest BCUT2D eigenvalue weighted by Gasteiger charge is 2.35. The zero-order valence-electron chi connectivity index (χ0n) is 16.6. The van der Waals surface area contributed by atoms with Gasteiger partial charge in [0.2, 0.25) is 0 Å². The second-order valence-electron chi connectivity index (χ2n) is 7.52. The number of ether oxygens (including phenoxy) is 1. The summed E-state index contributed by atoms with van der Waals surface area (Å²) >= 11 is 11.3. The minimum atomic E-state index is -1.00. The van der Waals surface area contributed by atoms with Crippen LogP contribution in [0.2, 0.25) is 0 Å². The Morgan fingerprint density at radius 3 is 1.48 bits per heavy atom. The molecule has 5 heteroatoms. The van der Waals surface area contributed by atoms with Crippen molar-refractivity contribution in [2.75, 3.05) is 6.61 Å². The van der Waals surface area contributed by atoms with E-state index in [2.05, 4.69) is 6.92 Å². The van der Waals surface area contributed by atoms with Crippen molar-refractivity contribution in [2.45, 2.75) is 116 Å². The molecule has 0 spiro atoms. The molecule has 0 aliphatic carbocycles. The largest absolute Gasteiger partial charge is 0.464 e. The highest BCUT2D eigenvalue weighted by Crippen LogP contribution is 2.21. The Labute approximate surface area is 166 Å². The molecule has 0 N–H and O–H groups in total. The fourth-order valence-corrected chi connectivity index (χ4v) is 2.85. The number of carbonyl (C=O) groups excluding carboxylic acids is 1. The molecule has 0 saturated carbocycles. The van der Waals surface area contributed by atoms with E-state index < -0.39 is 5.54 Å². The van der Waals surface area contributed by atoms with Gasteiger partial charge < -0.3 is 4.74 Å². The topological polar surface area (TPSA) is 29.5 Å². The van der Waals surface area contributed by atoms with Gasteiger partial charge in [-0.1, -0.05) is 90.4 Å². The molecule has 0 atom stereocenters. The van der Waals surface area contributed by atoms with Crippen LogP contribution in [0.25, 0.3) is 0 Å². The van der Waals surface area contributed by atoms with Crippen molar-refractivity contribution in [3.8, 4) is 0 Å². The van der Waals surface area contributed by atoms with Crippen molar-refractivity contribution in [1.29, 1.82) is 0 Å². The fraction of sp³-hybridized carbons (Fsp3) is 0.950. The third-order valence-electron chi connectivity index (χ3n) is 4.65. The van der Waals surface area contributed by atoms with E-state index in [4.69, 9.17) is 28.3 Å². The van der Waals surface area contributed by atoms with Crippen LogP contribution in [0.1, 0.15) is 111 Å². The molecule has 0 unspecified atom stereocenters. The lowest BCUT2D eigenvalue weighted by atomic mass is 10.0. The lowest BCUT2D eigenvalue weighted by molar-refractivity contribution is -0.151. The third kappa shape index (κ3) is 13.8. The molecule has 0 heterocycles. The third-order valence-corrected chi connectivity index (χ3v) is 5.50. The normalized spacial score (nSPS) is 11.9. The number of rotatable bonds is 17. The number of carbonyl (C=O) groups is 1. The first kappa shape index (κ1) is 25.0. The first-order valence-electron chi connectivity index (χ1n) is 10.2. The van der Waals surface area contributed by atoms with Crippen molar-refractivity contribution < 1.29 is 9.53 Å². The van der Waals surface area contributed by atoms with E-state index in [1.165, 1.54) is 77.0 Å². The summed E-state index contributed by atoms with van der Waals surface area (Å²) in [5, 5.41) is 0. The van der Waals surface area contributed by atoms with Gasteiger partial charge in [-0.3, -0.25) is 0 Å². The summed E-state index contributed by atoms with van der Waals surface area (Å²) in [6.07, 6.45) is 18.4. The second-order valence-corrected chi connectivity index (χ2v) is 8.37. The maximum atomic E-state index is 11.8. The van der Waals surface area contributed by atoms with Gasteiger partial charge in [0.25, 0.3) is 0 Å². The zero-order chi connectivity index (χ0) is 19.0. The summed E-state index contributed by atoms with van der Waals surface area (Å²) in [5.74, 6) is -0.382. The van der Waals surface area contributed by atoms with Crippen LogP contribution in [-0.2, 0) is 9.53 Å². The van der Waals surface area contributed by atoms with Crippen molar-refractivity contribution in [1.82, 2.24) is 3.94 Å². The van der Waals surface area contributed by atoms with Gasteiger partial charge in [-0.25, -0.2) is 4.79 Å². The van der Waals surface area contributed by atoms with Crippen LogP contribution in [0, 0.1) is 0 Å². The molecular weight excluding hydrogens is 357 g/mol. The van der Waals surface area contributed by atoms with Gasteiger partial charge in [-0.05, 0) is 43.8 Å². The predicted octanol–water partition coefficient (Wildman–Crippen LogP) is 7.40. The SMILES string of the molecule is CCCCCCCCCCCCCCCCOC(=O)C(C)(C)N(Cl)Cl. The van der Waals surface area contributed by atoms with Crippen LogP contribution >= 0.6 is 23.6 Å². The molecule has 3 nitrogen and oxygen atoms in total. The Bertz CT molecular complexity index is 323. The first-order chi connectivity index (χ1) is 11.9. The Balaban J connectivity index is 3.28. The highest BCUT2D eigenvalue weighted by atomic mass is 35.5. The van der Waals surface area contributed by atoms with E-state index in [9.17, 15) is 4.79 Å². The molecule has 0 fully saturated rings. The van der Waals surface area contributed by atoms with E-state index in [-0.39, 0.29) is 5.97 Å². The summed E-state index contributed by atoms with van der Waals surface area (Å²) in [7, 11) is 0. The number of esters is 1. The van der Waals surface area contributed by atoms with Crippen LogP contribution < -0.4 is 0 Å². The quantitative estimate of drug-likeness (QED) is 0.146. The van der Waals surface area contributed by atoms with Crippen LogP contribution in [0.3, 0.4) is 0 Å². The monoisotopic (exact) mass is 395 g/mol. The van der Waals surface area contributed by atoms with E-state index in [0.717, 1.165) is 16.8 Å². The minimum absolute atomic E-state index is 0.382. The van der Waals surface area contributed by atoms with Crippen LogP contribution in [-0.4, -0.2) is 22.1 Å². The Morgan fingerprint density at radius 2 is 1.12 bits per heavy atom. The number of hydrogen-bond donors (Lipinski definition) is 0. The average Bonchev–Trinajstić information content (AvgIpc) is 2.57. The van der Waals surface area contributed by atoms with Crippen LogP contribution in [0.4, 0.5) is 0 Å². The molecule has 150 valence electrons. The maximum Gasteiger partial charge on any atom is 0.328 e. The Kier molecular flexibility index (Phi) is 16.2. The zero-order valence-corrected chi connectivity index (χ0v) is 18.1. The second kappa shape index (κ2) is 16.2. The van der Waals surface area contributed by atoms with Crippen molar-refractivity contribution in [2.24, 2.45) is 0 Å². The van der Waals surface area contributed by atoms with Gasteiger partial charge in [-0.15, -0.1) is 3.94 Å². The Morgan fingerprint density at radius 1 is 0.760 bits per heavy atom. The summed E-state index contributed by atoms with van der Waals surface area (Å²) in [6, 6.07) is 0. The molecule has 0 aromatic carbocycles. The molecule has 0 saturated heterocycles. The predicted molar refractivity (Wildman–Crippen MR) is 109 cm³/mol. The van der Waals surface area contributed by atoms with Crippen molar-refractivity contribution in [3.05, 3.63) is 0 Å². The van der Waals surface area contributed by atoms with E-state index >= 15 is 0 Å². The lowest BCUT2D eigenvalue weighted by Crippen LogP contribution is -2.41. The summed E-state index contributed by atoms with van der Waals surface area (Å²) < 4.78 is 6.07. The van der Waals surface area contributed by atoms with Gasteiger partial charge in [0, 0.05) is 0 Å². The van der Waals surface area contributed by atoms with Crippen molar-refractivity contribution >= 4 is 29.5 Å². The fourth-order valence-electron chi connectivity index (χ4n) is 2.71. The molecule has 25 heavy (non-hydrogen) atoms. The van der Waals surface area contributed by atoms with E-state index in [0.29, 0.717) is 6.61 Å². The molecule has 0 amide bonds. The molecule has 0 rings (SSSR count). The maximum absolute atomic E-state index is 11.8. The van der Waals surface area contributed by atoms with Gasteiger partial charge in [0.05, 0.1) is 6.61 Å². The molecule has 0 bridgehead atoms. The number of nitrogens with zero attached hydrogens (tertiary/aromatic N) is 1. The summed E-state index contributed by atoms with van der Waals surface area (Å²) in [6.45, 7) is 5.99. The van der Waals surface area contributed by atoms with E-state index in [1.807, 2.05) is 0 Å². The summed E-state index contributed by atoms with van der Waals surface area (Å²) in [5.41, 5.74) is -1.00. The molecule has 0 aromatic heterocycles. The smallest absolute Gasteiger partial charge is 0.328 e. The molecule has 0 aliphatic heterocycles. The van der Waals surface area contributed by atoms with Gasteiger partial charge in [-0.2, -0.15) is 0 Å². The number of halogens is 2. The van der Waals surface area contributed by atoms with Gasteiger partial charge in [0.15, 0.2) is 0 Å². The lowest BCUT2D eigenvalue weighted by Gasteiger charge is -2.24. The molecule has 0 aliphatic rings.